The lowest BCUT2D eigenvalue weighted by molar-refractivity contribution is 0.558. The number of nitrogens with zero attached hydrogens (tertiary/aromatic N) is 1. The van der Waals surface area contributed by atoms with Crippen LogP contribution in [0.15, 0.2) is 19.8 Å². The van der Waals surface area contributed by atoms with Crippen molar-refractivity contribution in [2.24, 2.45) is 0 Å². The first kappa shape index (κ1) is 14.9. The second-order valence-corrected chi connectivity index (χ2v) is 5.36. The van der Waals surface area contributed by atoms with E-state index in [9.17, 15) is 4.79 Å². The number of anilines is 1. The predicted octanol–water partition coefficient (Wildman–Crippen LogP) is 3.20. The minimum absolute atomic E-state index is 0.181. The molecule has 0 unspecified atom stereocenters. The quantitative estimate of drug-likeness (QED) is 0.638. The summed E-state index contributed by atoms with van der Waals surface area (Å²) in [7, 11) is 0. The maximum atomic E-state index is 11.7. The van der Waals surface area contributed by atoms with Gasteiger partial charge < -0.3 is 14.3 Å². The third kappa shape index (κ3) is 2.43. The Bertz CT molecular complexity index is 743. The monoisotopic (exact) mass is 356 g/mol. The molecular weight excluding hydrogens is 344 g/mol. The van der Waals surface area contributed by atoms with E-state index in [0.29, 0.717) is 17.1 Å². The number of halogens is 1. The fraction of sp³-hybridized carbons (Fsp3) is 0.231. The molecule has 20 heavy (non-hydrogen) atoms. The summed E-state index contributed by atoms with van der Waals surface area (Å²) in [6.07, 6.45) is 0. The molecule has 0 spiro atoms. The van der Waals surface area contributed by atoms with Crippen LogP contribution in [0.5, 0.6) is 5.75 Å². The molecule has 1 aromatic heterocycles. The summed E-state index contributed by atoms with van der Waals surface area (Å²) >= 11 is 7.04. The Morgan fingerprint density at radius 3 is 2.55 bits per heavy atom. The van der Waals surface area contributed by atoms with Crippen LogP contribution in [0, 0.1) is 20.8 Å². The molecule has 0 atom stereocenters. The first-order chi connectivity index (χ1) is 9.36. The lowest BCUT2D eigenvalue weighted by Crippen LogP contribution is -2.11. The van der Waals surface area contributed by atoms with Gasteiger partial charge in [0.2, 0.25) is 0 Å². The summed E-state index contributed by atoms with van der Waals surface area (Å²) in [5.74, 6) is 0.922. The van der Waals surface area contributed by atoms with Crippen molar-refractivity contribution in [1.82, 2.24) is 4.98 Å². The number of benzene rings is 1. The van der Waals surface area contributed by atoms with Crippen molar-refractivity contribution in [3.8, 4) is 17.1 Å². The summed E-state index contributed by atoms with van der Waals surface area (Å²) in [5, 5.41) is 0. The van der Waals surface area contributed by atoms with Gasteiger partial charge in [-0.05, 0) is 59.5 Å². The Kier molecular flexibility index (Phi) is 4.10. The summed E-state index contributed by atoms with van der Waals surface area (Å²) < 4.78 is 10.7. The lowest BCUT2D eigenvalue weighted by atomic mass is 9.96. The van der Waals surface area contributed by atoms with Crippen LogP contribution in [-0.4, -0.2) is 4.98 Å². The Morgan fingerprint density at radius 2 is 1.95 bits per heavy atom. The highest BCUT2D eigenvalue weighted by Gasteiger charge is 2.18. The summed E-state index contributed by atoms with van der Waals surface area (Å²) in [6, 6.07) is 1.58. The van der Waals surface area contributed by atoms with E-state index in [-0.39, 0.29) is 10.5 Å². The fourth-order valence-electron chi connectivity index (χ4n) is 1.94. The van der Waals surface area contributed by atoms with Crippen molar-refractivity contribution >= 4 is 34.9 Å². The van der Waals surface area contributed by atoms with E-state index < -0.39 is 5.56 Å². The average Bonchev–Trinajstić information content (AvgIpc) is 2.41. The Labute approximate surface area is 129 Å². The number of aromatic nitrogens is 1. The number of nitrogens with two attached hydrogens (primary N) is 1. The van der Waals surface area contributed by atoms with Gasteiger partial charge in [0.1, 0.15) is 10.2 Å². The number of thiol groups is 1. The molecule has 7 heteroatoms. The molecule has 2 aromatic rings. The van der Waals surface area contributed by atoms with Gasteiger partial charge >= 0.3 is 0 Å². The van der Waals surface area contributed by atoms with E-state index in [1.807, 2.05) is 20.8 Å². The molecular formula is C13H13BrN2O3S. The zero-order chi connectivity index (χ0) is 15.0. The van der Waals surface area contributed by atoms with Gasteiger partial charge in [-0.2, -0.15) is 4.98 Å². The van der Waals surface area contributed by atoms with Crippen molar-refractivity contribution < 1.29 is 8.60 Å². The van der Waals surface area contributed by atoms with Crippen LogP contribution in [0.3, 0.4) is 0 Å². The van der Waals surface area contributed by atoms with Crippen LogP contribution < -0.4 is 15.5 Å². The molecule has 106 valence electrons. The van der Waals surface area contributed by atoms with Crippen LogP contribution in [0.2, 0.25) is 0 Å². The first-order valence-electron chi connectivity index (χ1n) is 5.75. The van der Waals surface area contributed by atoms with Crippen LogP contribution >= 0.6 is 28.8 Å². The molecule has 1 heterocycles. The molecule has 0 fully saturated rings. The number of rotatable bonds is 2. The fourth-order valence-corrected chi connectivity index (χ4v) is 2.51. The van der Waals surface area contributed by atoms with Crippen LogP contribution in [0.1, 0.15) is 16.7 Å². The molecule has 0 radical (unpaired) electrons. The van der Waals surface area contributed by atoms with Gasteiger partial charge in [0, 0.05) is 18.5 Å². The molecule has 0 saturated heterocycles. The van der Waals surface area contributed by atoms with E-state index in [2.05, 4.69) is 33.8 Å². The third-order valence-corrected chi connectivity index (χ3v) is 4.22. The largest absolute Gasteiger partial charge is 0.429 e. The first-order valence-corrected chi connectivity index (χ1v) is 6.91. The van der Waals surface area contributed by atoms with Gasteiger partial charge in [0.25, 0.3) is 11.6 Å². The third-order valence-electron chi connectivity index (χ3n) is 3.32. The molecule has 0 aliphatic heterocycles. The zero-order valence-electron chi connectivity index (χ0n) is 11.2. The lowest BCUT2D eigenvalue weighted by Gasteiger charge is -2.14. The van der Waals surface area contributed by atoms with E-state index >= 15 is 0 Å². The van der Waals surface area contributed by atoms with Gasteiger partial charge in [-0.15, -0.1) is 0 Å². The van der Waals surface area contributed by atoms with Gasteiger partial charge in [0.15, 0.2) is 5.76 Å². The van der Waals surface area contributed by atoms with Crippen molar-refractivity contribution in [1.29, 1.82) is 0 Å². The standard InChI is InChI=1S/C13H13BrN2O3S/c1-5-6(2)8(4-9(19-20)7(5)3)11-10(14)12(17)16-13(15)18-11/h4,20H,1-3H3,(H2,15,16,17). The summed E-state index contributed by atoms with van der Waals surface area (Å²) in [6.45, 7) is 5.83. The van der Waals surface area contributed by atoms with Crippen molar-refractivity contribution in [2.75, 3.05) is 5.73 Å². The van der Waals surface area contributed by atoms with Crippen molar-refractivity contribution in [3.05, 3.63) is 37.6 Å². The molecule has 0 saturated carbocycles. The predicted molar refractivity (Wildman–Crippen MR) is 84.1 cm³/mol. The van der Waals surface area contributed by atoms with Gasteiger partial charge in [-0.1, -0.05) is 0 Å². The van der Waals surface area contributed by atoms with Crippen molar-refractivity contribution in [2.45, 2.75) is 20.8 Å². The topological polar surface area (TPSA) is 78.3 Å². The average molecular weight is 357 g/mol. The number of nitrogen functional groups attached to an aromatic ring is 1. The smallest absolute Gasteiger partial charge is 0.295 e. The van der Waals surface area contributed by atoms with E-state index in [4.69, 9.17) is 14.3 Å². The normalized spacial score (nSPS) is 10.7. The highest BCUT2D eigenvalue weighted by molar-refractivity contribution is 9.10. The summed E-state index contributed by atoms with van der Waals surface area (Å²) in [4.78, 5) is 15.2. The second-order valence-electron chi connectivity index (χ2n) is 4.39. The minimum Gasteiger partial charge on any atom is -0.429 e. The zero-order valence-corrected chi connectivity index (χ0v) is 13.6. The molecule has 0 bridgehead atoms. The highest BCUT2D eigenvalue weighted by Crippen LogP contribution is 2.36. The van der Waals surface area contributed by atoms with E-state index in [1.54, 1.807) is 6.07 Å². The molecule has 1 aromatic carbocycles. The van der Waals surface area contributed by atoms with Crippen LogP contribution in [0.4, 0.5) is 6.01 Å². The van der Waals surface area contributed by atoms with E-state index in [0.717, 1.165) is 16.7 Å². The van der Waals surface area contributed by atoms with Gasteiger partial charge in [-0.25, -0.2) is 0 Å². The second kappa shape index (κ2) is 5.49. The molecule has 2 N–H and O–H groups in total. The van der Waals surface area contributed by atoms with Crippen molar-refractivity contribution in [3.63, 3.8) is 0 Å². The highest BCUT2D eigenvalue weighted by atomic mass is 79.9. The Morgan fingerprint density at radius 1 is 1.30 bits per heavy atom. The molecule has 0 amide bonds. The Hall–Kier alpha value is -1.47. The van der Waals surface area contributed by atoms with Gasteiger partial charge in [0.05, 0.1) is 0 Å². The SMILES string of the molecule is Cc1c(OS)cc(-c2oc(N)nc(=O)c2Br)c(C)c1C. The maximum Gasteiger partial charge on any atom is 0.295 e. The number of hydrogen-bond acceptors (Lipinski definition) is 6. The van der Waals surface area contributed by atoms with Crippen LogP contribution in [-0.2, 0) is 0 Å². The number of hydrogen-bond donors (Lipinski definition) is 2. The maximum absolute atomic E-state index is 11.7. The molecule has 0 aliphatic carbocycles. The molecule has 2 rings (SSSR count). The molecule has 0 aliphatic rings. The molecule has 5 nitrogen and oxygen atoms in total. The van der Waals surface area contributed by atoms with Crippen LogP contribution in [0.25, 0.3) is 11.3 Å². The Balaban J connectivity index is 2.83. The van der Waals surface area contributed by atoms with E-state index in [1.165, 1.54) is 0 Å². The van der Waals surface area contributed by atoms with Gasteiger partial charge in [-0.3, -0.25) is 4.79 Å². The summed E-state index contributed by atoms with van der Waals surface area (Å²) in [5.41, 5.74) is 8.70. The minimum atomic E-state index is -0.477.